The number of aliphatic hydroxyl groups is 1. The smallest absolute Gasteiger partial charge is 0.324 e. The molecule has 10 heteroatoms. The molecule has 0 spiro atoms. The van der Waals surface area contributed by atoms with Gasteiger partial charge in [-0.15, -0.1) is 0 Å². The van der Waals surface area contributed by atoms with Gasteiger partial charge in [-0.05, 0) is 31.2 Å². The van der Waals surface area contributed by atoms with E-state index in [0.29, 0.717) is 10.1 Å². The second-order valence-electron chi connectivity index (χ2n) is 5.46. The van der Waals surface area contributed by atoms with Gasteiger partial charge in [-0.25, -0.2) is 8.42 Å². The third-order valence-corrected chi connectivity index (χ3v) is 5.51. The van der Waals surface area contributed by atoms with Gasteiger partial charge in [0, 0.05) is 0 Å². The summed E-state index contributed by atoms with van der Waals surface area (Å²) in [4.78, 5) is 23.0. The molecule has 1 aromatic carbocycles. The summed E-state index contributed by atoms with van der Waals surface area (Å²) >= 11 is 0. The van der Waals surface area contributed by atoms with Crippen LogP contribution in [0, 0.1) is 11.8 Å². The van der Waals surface area contributed by atoms with E-state index >= 15 is 0 Å². The summed E-state index contributed by atoms with van der Waals surface area (Å²) in [5.41, 5.74) is 0. The predicted molar refractivity (Wildman–Crippen MR) is 89.7 cm³/mol. The van der Waals surface area contributed by atoms with Crippen LogP contribution in [0.2, 0.25) is 0 Å². The highest BCUT2D eigenvalue weighted by molar-refractivity contribution is 7.89. The number of benzene rings is 1. The van der Waals surface area contributed by atoms with Gasteiger partial charge in [-0.3, -0.25) is 9.59 Å². The number of nitrogens with zero attached hydrogens (tertiary/aromatic N) is 1. The van der Waals surface area contributed by atoms with Crippen LogP contribution in [0.3, 0.4) is 0 Å². The third kappa shape index (κ3) is 4.32. The van der Waals surface area contributed by atoms with E-state index in [0.717, 1.165) is 0 Å². The van der Waals surface area contributed by atoms with Crippen LogP contribution in [-0.2, 0) is 19.6 Å². The minimum atomic E-state index is -4.19. The fourth-order valence-corrected chi connectivity index (χ4v) is 4.12. The average Bonchev–Trinajstić information content (AvgIpc) is 2.58. The summed E-state index contributed by atoms with van der Waals surface area (Å²) in [5.74, 6) is 3.40. The maximum absolute atomic E-state index is 12.8. The summed E-state index contributed by atoms with van der Waals surface area (Å²) in [6, 6.07) is 3.06. The van der Waals surface area contributed by atoms with Gasteiger partial charge < -0.3 is 20.3 Å². The molecule has 3 N–H and O–H groups in total. The van der Waals surface area contributed by atoms with Crippen LogP contribution in [-0.4, -0.2) is 66.7 Å². The minimum absolute atomic E-state index is 0.0254. The molecule has 140 valence electrons. The van der Waals surface area contributed by atoms with Gasteiger partial charge in [-0.1, -0.05) is 11.8 Å². The third-order valence-electron chi connectivity index (χ3n) is 3.67. The minimum Gasteiger partial charge on any atom is -0.481 e. The summed E-state index contributed by atoms with van der Waals surface area (Å²) in [6.07, 6.45) is 0. The summed E-state index contributed by atoms with van der Waals surface area (Å²) in [5, 5.41) is 20.3. The highest BCUT2D eigenvalue weighted by Crippen LogP contribution is 2.24. The standard InChI is InChI=1S/C16H18N2O7S/c1-11-15(16(21)22)18(10-14(20)17-11)26(23,24)13-6-4-12(5-7-13)25-9-3-2-8-19/h4-7,11,15,19H,8-10H2,1H3,(H,17,20)(H,21,22). The average molecular weight is 382 g/mol. The van der Waals surface area contributed by atoms with Crippen LogP contribution in [0.1, 0.15) is 6.92 Å². The number of aliphatic hydroxyl groups excluding tert-OH is 1. The number of rotatable bonds is 5. The first-order chi connectivity index (χ1) is 12.3. The number of carbonyl (C=O) groups is 2. The fraction of sp³-hybridized carbons (Fsp3) is 0.375. The maximum Gasteiger partial charge on any atom is 0.324 e. The van der Waals surface area contributed by atoms with Crippen molar-refractivity contribution in [1.82, 2.24) is 9.62 Å². The number of ether oxygens (including phenoxy) is 1. The predicted octanol–water partition coefficient (Wildman–Crippen LogP) is -0.977. The normalized spacial score (nSPS) is 20.6. The first-order valence-electron chi connectivity index (χ1n) is 7.61. The van der Waals surface area contributed by atoms with Gasteiger partial charge in [0.05, 0.1) is 17.5 Å². The molecule has 0 aliphatic carbocycles. The zero-order chi connectivity index (χ0) is 19.3. The van der Waals surface area contributed by atoms with Gasteiger partial charge in [-0.2, -0.15) is 4.31 Å². The Kier molecular flexibility index (Phi) is 6.20. The van der Waals surface area contributed by atoms with Crippen molar-refractivity contribution in [2.75, 3.05) is 19.8 Å². The lowest BCUT2D eigenvalue weighted by Gasteiger charge is -2.36. The highest BCUT2D eigenvalue weighted by Gasteiger charge is 2.44. The van der Waals surface area contributed by atoms with Crippen LogP contribution < -0.4 is 10.1 Å². The number of carboxylic acids is 1. The van der Waals surface area contributed by atoms with Gasteiger partial charge in [0.15, 0.2) is 0 Å². The number of hydrogen-bond acceptors (Lipinski definition) is 6. The molecule has 2 unspecified atom stereocenters. The Morgan fingerprint density at radius 1 is 1.35 bits per heavy atom. The molecule has 26 heavy (non-hydrogen) atoms. The molecule has 0 bridgehead atoms. The van der Waals surface area contributed by atoms with E-state index in [1.165, 1.54) is 31.2 Å². The number of aliphatic carboxylic acids is 1. The lowest BCUT2D eigenvalue weighted by atomic mass is 10.1. The Morgan fingerprint density at radius 2 is 2.00 bits per heavy atom. The van der Waals surface area contributed by atoms with Gasteiger partial charge >= 0.3 is 5.97 Å². The van der Waals surface area contributed by atoms with Crippen LogP contribution in [0.4, 0.5) is 0 Å². The number of carboxylic acid groups (broad SMARTS) is 1. The largest absolute Gasteiger partial charge is 0.481 e. The summed E-state index contributed by atoms with van der Waals surface area (Å²) in [7, 11) is -4.19. The molecule has 0 aromatic heterocycles. The van der Waals surface area contributed by atoms with Gasteiger partial charge in [0.2, 0.25) is 15.9 Å². The molecule has 1 saturated heterocycles. The second kappa shape index (κ2) is 8.18. The number of nitrogens with one attached hydrogen (secondary N) is 1. The number of carbonyl (C=O) groups excluding carboxylic acids is 1. The van der Waals surface area contributed by atoms with E-state index in [4.69, 9.17) is 9.84 Å². The van der Waals surface area contributed by atoms with Crippen molar-refractivity contribution in [3.05, 3.63) is 24.3 Å². The quantitative estimate of drug-likeness (QED) is 0.558. The Bertz CT molecular complexity index is 840. The van der Waals surface area contributed by atoms with E-state index in [9.17, 15) is 23.1 Å². The highest BCUT2D eigenvalue weighted by atomic mass is 32.2. The van der Waals surface area contributed by atoms with Crippen molar-refractivity contribution in [2.24, 2.45) is 0 Å². The van der Waals surface area contributed by atoms with E-state index in [1.54, 1.807) is 0 Å². The van der Waals surface area contributed by atoms with Crippen molar-refractivity contribution >= 4 is 21.9 Å². The molecule has 1 aliphatic heterocycles. The maximum atomic E-state index is 12.8. The number of piperazine rings is 1. The second-order valence-corrected chi connectivity index (χ2v) is 7.35. The Labute approximate surface area is 150 Å². The summed E-state index contributed by atoms with van der Waals surface area (Å²) in [6.45, 7) is 0.603. The summed E-state index contributed by atoms with van der Waals surface area (Å²) < 4.78 is 31.5. The Hall–Kier alpha value is -2.61. The van der Waals surface area contributed by atoms with E-state index < -0.39 is 40.5 Å². The number of sulfonamides is 1. The lowest BCUT2D eigenvalue weighted by molar-refractivity contribution is -0.144. The number of amides is 1. The molecule has 1 amide bonds. The molecule has 1 aliphatic rings. The van der Waals surface area contributed by atoms with Crippen LogP contribution in [0.15, 0.2) is 29.2 Å². The molecule has 9 nitrogen and oxygen atoms in total. The molecular weight excluding hydrogens is 364 g/mol. The lowest BCUT2D eigenvalue weighted by Crippen LogP contribution is -2.63. The molecule has 1 fully saturated rings. The Morgan fingerprint density at radius 3 is 2.58 bits per heavy atom. The first-order valence-corrected chi connectivity index (χ1v) is 9.05. The molecule has 2 rings (SSSR count). The van der Waals surface area contributed by atoms with Crippen molar-refractivity contribution in [2.45, 2.75) is 23.9 Å². The van der Waals surface area contributed by atoms with Crippen molar-refractivity contribution in [3.8, 4) is 17.6 Å². The van der Waals surface area contributed by atoms with Crippen LogP contribution in [0.25, 0.3) is 0 Å². The van der Waals surface area contributed by atoms with Gasteiger partial charge in [0.1, 0.15) is 25.0 Å². The van der Waals surface area contributed by atoms with Gasteiger partial charge in [0.25, 0.3) is 0 Å². The van der Waals surface area contributed by atoms with E-state index in [2.05, 4.69) is 17.2 Å². The number of hydrogen-bond donors (Lipinski definition) is 3. The monoisotopic (exact) mass is 382 g/mol. The zero-order valence-corrected chi connectivity index (χ0v) is 14.7. The van der Waals surface area contributed by atoms with Crippen LogP contribution >= 0.6 is 0 Å². The van der Waals surface area contributed by atoms with Crippen LogP contribution in [0.5, 0.6) is 5.75 Å². The fourth-order valence-electron chi connectivity index (χ4n) is 2.51. The topological polar surface area (TPSA) is 133 Å². The molecule has 2 atom stereocenters. The zero-order valence-electron chi connectivity index (χ0n) is 13.9. The molecular formula is C16H18N2O7S. The molecule has 0 saturated carbocycles. The van der Waals surface area contributed by atoms with E-state index in [-0.39, 0.29) is 18.1 Å². The van der Waals surface area contributed by atoms with Crippen molar-refractivity contribution in [1.29, 1.82) is 0 Å². The molecule has 1 aromatic rings. The molecule has 0 radical (unpaired) electrons. The molecule has 1 heterocycles. The van der Waals surface area contributed by atoms with Crippen molar-refractivity contribution < 1.29 is 33.0 Å². The SMILES string of the molecule is CC1NC(=O)CN(S(=O)(=O)c2ccc(OCC#CCO)cc2)C1C(=O)O. The van der Waals surface area contributed by atoms with E-state index in [1.807, 2.05) is 0 Å². The Balaban J connectivity index is 2.25. The van der Waals surface area contributed by atoms with Crippen molar-refractivity contribution in [3.63, 3.8) is 0 Å². The first kappa shape index (κ1) is 19.7.